The number of amides is 1. The number of rotatable bonds is 5. The van der Waals surface area contributed by atoms with E-state index < -0.39 is 37.6 Å². The number of anilines is 1. The lowest BCUT2D eigenvalue weighted by Gasteiger charge is -2.06. The van der Waals surface area contributed by atoms with Gasteiger partial charge in [-0.2, -0.15) is 0 Å². The van der Waals surface area contributed by atoms with Crippen LogP contribution in [0.1, 0.15) is 22.9 Å². The molecule has 186 valence electrons. The highest BCUT2D eigenvalue weighted by Gasteiger charge is 2.27. The fourth-order valence-electron chi connectivity index (χ4n) is 3.19. The molecule has 0 bridgehead atoms. The fourth-order valence-corrected chi connectivity index (χ4v) is 4.44. The summed E-state index contributed by atoms with van der Waals surface area (Å²) in [6, 6.07) is 10.6. The molecular formula is C21H16ClN5O8S. The Morgan fingerprint density at radius 1 is 1.00 bits per heavy atom. The Bertz CT molecular complexity index is 1390. The van der Waals surface area contributed by atoms with Crippen LogP contribution >= 0.6 is 22.9 Å². The van der Waals surface area contributed by atoms with Crippen LogP contribution in [0.4, 0.5) is 22.1 Å². The standard InChI is InChI=1S/C15H13ClN2OS.C6H3N3O7/c1-2-9-7-11-14(10-5-3-4-6-12(10)16)17-8-13(19)18-15(11)20-9;10-6-4(8(13)14)1-3(7(11)12)2-5(6)9(15)16/h3-7H,2,8H2,1H3,(H,18,19);1-2,10H. The number of carbonyl (C=O) groups is 1. The Labute approximate surface area is 211 Å². The predicted octanol–water partition coefficient (Wildman–Crippen LogP) is 2.32. The lowest BCUT2D eigenvalue weighted by Crippen LogP contribution is -2.75. The van der Waals surface area contributed by atoms with Crippen molar-refractivity contribution in [1.82, 2.24) is 0 Å². The summed E-state index contributed by atoms with van der Waals surface area (Å²) in [5.41, 5.74) is -0.405. The lowest BCUT2D eigenvalue weighted by molar-refractivity contribution is -0.441. The van der Waals surface area contributed by atoms with Crippen molar-refractivity contribution in [3.8, 4) is 5.75 Å². The van der Waals surface area contributed by atoms with Crippen molar-refractivity contribution >= 4 is 56.6 Å². The maximum Gasteiger partial charge on any atom is 0.290 e. The number of hydrogen-bond donors (Lipinski definition) is 2. The fraction of sp³-hybridized carbons (Fsp3) is 0.143. The minimum absolute atomic E-state index is 0.0298. The third-order valence-electron chi connectivity index (χ3n) is 4.86. The quantitative estimate of drug-likeness (QED) is 0.368. The van der Waals surface area contributed by atoms with E-state index in [1.165, 1.54) is 4.88 Å². The van der Waals surface area contributed by atoms with Crippen molar-refractivity contribution in [1.29, 1.82) is 0 Å². The zero-order valence-corrected chi connectivity index (χ0v) is 19.9. The first-order chi connectivity index (χ1) is 17.0. The highest BCUT2D eigenvalue weighted by atomic mass is 35.5. The molecule has 1 amide bonds. The van der Waals surface area contributed by atoms with Gasteiger partial charge in [-0.05, 0) is 24.6 Å². The van der Waals surface area contributed by atoms with Gasteiger partial charge in [0.05, 0.1) is 48.8 Å². The molecule has 4 rings (SSSR count). The molecule has 2 aromatic carbocycles. The maximum atomic E-state index is 11.8. The molecule has 1 aliphatic heterocycles. The van der Waals surface area contributed by atoms with Gasteiger partial charge in [0.25, 0.3) is 23.0 Å². The molecule has 0 unspecified atom stereocenters. The first-order valence-electron chi connectivity index (χ1n) is 10.1. The van der Waals surface area contributed by atoms with Crippen LogP contribution in [0.15, 0.2) is 42.5 Å². The second kappa shape index (κ2) is 10.9. The molecule has 3 aromatic rings. The molecule has 0 radical (unpaired) electrons. The van der Waals surface area contributed by atoms with E-state index in [1.807, 2.05) is 24.3 Å². The molecule has 15 heteroatoms. The van der Waals surface area contributed by atoms with Crippen LogP contribution in [0, 0.1) is 30.3 Å². The first-order valence-corrected chi connectivity index (χ1v) is 11.3. The Kier molecular flexibility index (Phi) is 7.91. The average Bonchev–Trinajstić information content (AvgIpc) is 3.16. The maximum absolute atomic E-state index is 11.8. The van der Waals surface area contributed by atoms with E-state index in [9.17, 15) is 40.2 Å². The zero-order valence-electron chi connectivity index (χ0n) is 18.3. The average molecular weight is 534 g/mol. The number of nitro groups is 3. The van der Waals surface area contributed by atoms with E-state index in [-0.39, 0.29) is 12.5 Å². The first kappa shape index (κ1) is 26.2. The monoisotopic (exact) mass is 533 g/mol. The molecule has 0 saturated heterocycles. The van der Waals surface area contributed by atoms with Gasteiger partial charge in [0.15, 0.2) is 0 Å². The summed E-state index contributed by atoms with van der Waals surface area (Å²) in [6.45, 7) is 2.36. The molecule has 0 atom stereocenters. The SMILES string of the molecule is CCc1cc2c(s1)NC(=O)C[NH+]=C2c1ccccc1Cl.O=[N+]([O-])c1cc([N+](=O)[O-])c([O-])c([N+](=O)[O-])c1. The van der Waals surface area contributed by atoms with Crippen LogP contribution in [-0.4, -0.2) is 32.9 Å². The summed E-state index contributed by atoms with van der Waals surface area (Å²) < 4.78 is 0. The molecule has 0 saturated carbocycles. The van der Waals surface area contributed by atoms with Gasteiger partial charge in [0.2, 0.25) is 12.3 Å². The van der Waals surface area contributed by atoms with E-state index in [0.717, 1.165) is 28.3 Å². The second-order valence-corrected chi connectivity index (χ2v) is 8.69. The van der Waals surface area contributed by atoms with Crippen LogP contribution in [0.5, 0.6) is 5.75 Å². The van der Waals surface area contributed by atoms with E-state index in [4.69, 9.17) is 11.6 Å². The Morgan fingerprint density at radius 2 is 1.61 bits per heavy atom. The van der Waals surface area contributed by atoms with Gasteiger partial charge in [-0.15, -0.1) is 11.3 Å². The third kappa shape index (κ3) is 5.61. The minimum atomic E-state index is -1.46. The number of nitro benzene ring substituents is 3. The van der Waals surface area contributed by atoms with E-state index in [1.54, 1.807) is 11.3 Å². The third-order valence-corrected chi connectivity index (χ3v) is 6.39. The molecule has 0 fully saturated rings. The molecule has 2 N–H and O–H groups in total. The number of nitrogens with one attached hydrogen (secondary N) is 2. The number of halogens is 1. The van der Waals surface area contributed by atoms with Crippen molar-refractivity contribution < 1.29 is 29.7 Å². The number of hydrogen-bond acceptors (Lipinski definition) is 9. The number of aryl methyl sites for hydroxylation is 1. The van der Waals surface area contributed by atoms with Crippen LogP contribution in [0.3, 0.4) is 0 Å². The van der Waals surface area contributed by atoms with Gasteiger partial charge in [0, 0.05) is 4.88 Å². The molecule has 36 heavy (non-hydrogen) atoms. The van der Waals surface area contributed by atoms with Crippen molar-refractivity contribution in [2.75, 3.05) is 11.9 Å². The molecular weight excluding hydrogens is 518 g/mol. The highest BCUT2D eigenvalue weighted by Crippen LogP contribution is 2.37. The number of non-ortho nitro benzene ring substituents is 1. The summed E-state index contributed by atoms with van der Waals surface area (Å²) >= 11 is 7.91. The molecule has 2 heterocycles. The minimum Gasteiger partial charge on any atom is -0.863 e. The van der Waals surface area contributed by atoms with Crippen LogP contribution < -0.4 is 15.4 Å². The number of nitrogens with zero attached hydrogens (tertiary/aromatic N) is 3. The van der Waals surface area contributed by atoms with E-state index >= 15 is 0 Å². The lowest BCUT2D eigenvalue weighted by atomic mass is 10.0. The smallest absolute Gasteiger partial charge is 0.290 e. The number of thiophene rings is 1. The number of benzene rings is 2. The summed E-state index contributed by atoms with van der Waals surface area (Å²) in [5, 5.41) is 46.6. The number of fused-ring (bicyclic) bond motifs is 1. The van der Waals surface area contributed by atoms with Gasteiger partial charge in [0.1, 0.15) is 5.00 Å². The van der Waals surface area contributed by atoms with Gasteiger partial charge in [-0.1, -0.05) is 30.7 Å². The number of carbonyl (C=O) groups excluding carboxylic acids is 1. The van der Waals surface area contributed by atoms with Crippen molar-refractivity contribution in [3.63, 3.8) is 0 Å². The summed E-state index contributed by atoms with van der Waals surface area (Å²) in [5.74, 6) is -1.49. The summed E-state index contributed by atoms with van der Waals surface area (Å²) in [6.07, 6.45) is 0.948. The Hall–Kier alpha value is -4.43. The van der Waals surface area contributed by atoms with Gasteiger partial charge >= 0.3 is 0 Å². The topological polar surface area (TPSA) is 196 Å². The van der Waals surface area contributed by atoms with Gasteiger partial charge in [-0.3, -0.25) is 35.1 Å². The summed E-state index contributed by atoms with van der Waals surface area (Å²) in [4.78, 5) is 43.8. The zero-order chi connectivity index (χ0) is 26.6. The van der Waals surface area contributed by atoms with E-state index in [2.05, 4.69) is 23.3 Å². The molecule has 0 spiro atoms. The Morgan fingerprint density at radius 3 is 2.14 bits per heavy atom. The molecule has 13 nitrogen and oxygen atoms in total. The molecule has 1 aromatic heterocycles. The van der Waals surface area contributed by atoms with Crippen LogP contribution in [0.25, 0.3) is 0 Å². The Balaban J connectivity index is 0.000000207. The molecule has 0 aliphatic carbocycles. The van der Waals surface area contributed by atoms with Crippen LogP contribution in [0.2, 0.25) is 5.02 Å². The summed E-state index contributed by atoms with van der Waals surface area (Å²) in [7, 11) is 0. The van der Waals surface area contributed by atoms with E-state index in [0.29, 0.717) is 17.2 Å². The highest BCUT2D eigenvalue weighted by molar-refractivity contribution is 7.16. The van der Waals surface area contributed by atoms with Crippen molar-refractivity contribution in [3.05, 3.63) is 93.8 Å². The van der Waals surface area contributed by atoms with Crippen molar-refractivity contribution in [2.45, 2.75) is 13.3 Å². The van der Waals surface area contributed by atoms with Crippen LogP contribution in [-0.2, 0) is 11.2 Å². The van der Waals surface area contributed by atoms with Gasteiger partial charge < -0.3 is 10.4 Å². The second-order valence-electron chi connectivity index (χ2n) is 7.15. The van der Waals surface area contributed by atoms with Crippen molar-refractivity contribution in [2.24, 2.45) is 0 Å². The predicted molar refractivity (Wildman–Crippen MR) is 129 cm³/mol. The normalized spacial score (nSPS) is 12.3. The van der Waals surface area contributed by atoms with Gasteiger partial charge in [-0.25, -0.2) is 4.99 Å². The molecule has 1 aliphatic rings. The largest absolute Gasteiger partial charge is 0.863 e.